The van der Waals surface area contributed by atoms with Crippen molar-refractivity contribution in [2.45, 2.75) is 52.7 Å². The summed E-state index contributed by atoms with van der Waals surface area (Å²) < 4.78 is 12.1. The lowest BCUT2D eigenvalue weighted by molar-refractivity contribution is 0.0383. The van der Waals surface area contributed by atoms with Crippen LogP contribution in [0.3, 0.4) is 0 Å². The first kappa shape index (κ1) is 15.7. The standard InChI is InChI=1S/C14H24N2O3/c1-10-9-12(15-16(10)14(3,4)5)13(17)19-8-7-11(2)18-6/h9,11H,7-8H2,1-6H3/t11-/m1/s1. The molecule has 0 saturated carbocycles. The molecule has 0 aliphatic heterocycles. The van der Waals surface area contributed by atoms with E-state index in [0.29, 0.717) is 18.7 Å². The fraction of sp³-hybridized carbons (Fsp3) is 0.714. The van der Waals surface area contributed by atoms with E-state index in [4.69, 9.17) is 9.47 Å². The van der Waals surface area contributed by atoms with Crippen molar-refractivity contribution in [3.8, 4) is 0 Å². The number of hydrogen-bond acceptors (Lipinski definition) is 4. The molecule has 1 rings (SSSR count). The van der Waals surface area contributed by atoms with Crippen molar-refractivity contribution in [3.05, 3.63) is 17.5 Å². The van der Waals surface area contributed by atoms with Crippen molar-refractivity contribution in [1.29, 1.82) is 0 Å². The molecule has 1 heterocycles. The summed E-state index contributed by atoms with van der Waals surface area (Å²) in [5, 5.41) is 4.31. The van der Waals surface area contributed by atoms with E-state index >= 15 is 0 Å². The highest BCUT2D eigenvalue weighted by molar-refractivity contribution is 5.87. The molecule has 108 valence electrons. The molecule has 0 saturated heterocycles. The Morgan fingerprint density at radius 3 is 2.58 bits per heavy atom. The van der Waals surface area contributed by atoms with Crippen molar-refractivity contribution in [1.82, 2.24) is 9.78 Å². The predicted octanol–water partition coefficient (Wildman–Crippen LogP) is 2.53. The smallest absolute Gasteiger partial charge is 0.358 e. The van der Waals surface area contributed by atoms with Crippen molar-refractivity contribution < 1.29 is 14.3 Å². The summed E-state index contributed by atoms with van der Waals surface area (Å²) in [7, 11) is 1.64. The van der Waals surface area contributed by atoms with Gasteiger partial charge in [-0.2, -0.15) is 5.10 Å². The maximum Gasteiger partial charge on any atom is 0.358 e. The largest absolute Gasteiger partial charge is 0.461 e. The van der Waals surface area contributed by atoms with Crippen LogP contribution in [0.5, 0.6) is 0 Å². The Labute approximate surface area is 114 Å². The van der Waals surface area contributed by atoms with Gasteiger partial charge in [0.05, 0.1) is 18.2 Å². The van der Waals surface area contributed by atoms with Gasteiger partial charge in [0.2, 0.25) is 0 Å². The molecule has 0 aliphatic rings. The molecule has 19 heavy (non-hydrogen) atoms. The second-order valence-electron chi connectivity index (χ2n) is 5.72. The molecule has 5 heteroatoms. The number of methoxy groups -OCH3 is 1. The van der Waals surface area contributed by atoms with E-state index < -0.39 is 0 Å². The van der Waals surface area contributed by atoms with Gasteiger partial charge in [-0.25, -0.2) is 4.79 Å². The van der Waals surface area contributed by atoms with Gasteiger partial charge in [-0.3, -0.25) is 4.68 Å². The Hall–Kier alpha value is -1.36. The molecule has 0 amide bonds. The van der Waals surface area contributed by atoms with Gasteiger partial charge in [0.1, 0.15) is 0 Å². The van der Waals surface area contributed by atoms with Crippen LogP contribution in [0.1, 0.15) is 50.3 Å². The average Bonchev–Trinajstić information content (AvgIpc) is 2.70. The van der Waals surface area contributed by atoms with E-state index in [1.807, 2.05) is 39.3 Å². The molecule has 1 aromatic heterocycles. The zero-order valence-corrected chi connectivity index (χ0v) is 12.7. The van der Waals surface area contributed by atoms with Crippen LogP contribution < -0.4 is 0 Å². The summed E-state index contributed by atoms with van der Waals surface area (Å²) in [6.07, 6.45) is 0.767. The van der Waals surface area contributed by atoms with Crippen LogP contribution in [0.25, 0.3) is 0 Å². The summed E-state index contributed by atoms with van der Waals surface area (Å²) in [5.74, 6) is -0.380. The van der Waals surface area contributed by atoms with Crippen molar-refractivity contribution in [2.75, 3.05) is 13.7 Å². The van der Waals surface area contributed by atoms with Crippen LogP contribution >= 0.6 is 0 Å². The lowest BCUT2D eigenvalue weighted by atomic mass is 10.1. The molecule has 1 atom stereocenters. The molecule has 0 N–H and O–H groups in total. The maximum atomic E-state index is 11.9. The van der Waals surface area contributed by atoms with Crippen LogP contribution in [0.2, 0.25) is 0 Å². The van der Waals surface area contributed by atoms with Gasteiger partial charge < -0.3 is 9.47 Å². The third-order valence-electron chi connectivity index (χ3n) is 2.89. The van der Waals surface area contributed by atoms with Crippen molar-refractivity contribution >= 4 is 5.97 Å². The average molecular weight is 268 g/mol. The highest BCUT2D eigenvalue weighted by atomic mass is 16.5. The fourth-order valence-electron chi connectivity index (χ4n) is 1.76. The van der Waals surface area contributed by atoms with Gasteiger partial charge in [-0.15, -0.1) is 0 Å². The number of esters is 1. The zero-order chi connectivity index (χ0) is 14.6. The quantitative estimate of drug-likeness (QED) is 0.770. The van der Waals surface area contributed by atoms with Crippen molar-refractivity contribution in [2.24, 2.45) is 0 Å². The minimum Gasteiger partial charge on any atom is -0.461 e. The minimum atomic E-state index is -0.380. The first-order valence-corrected chi connectivity index (χ1v) is 6.52. The Morgan fingerprint density at radius 1 is 1.47 bits per heavy atom. The Bertz CT molecular complexity index is 432. The molecule has 0 aliphatic carbocycles. The topological polar surface area (TPSA) is 53.4 Å². The maximum absolute atomic E-state index is 11.9. The first-order chi connectivity index (χ1) is 8.75. The van der Waals surface area contributed by atoms with Gasteiger partial charge in [0.25, 0.3) is 0 Å². The summed E-state index contributed by atoms with van der Waals surface area (Å²) in [6.45, 7) is 10.3. The van der Waals surface area contributed by atoms with E-state index in [0.717, 1.165) is 5.69 Å². The van der Waals surface area contributed by atoms with Gasteiger partial charge >= 0.3 is 5.97 Å². The Kier molecular flexibility index (Phi) is 5.11. The third kappa shape index (κ3) is 4.35. The van der Waals surface area contributed by atoms with Crippen LogP contribution in [0.4, 0.5) is 0 Å². The molecule has 0 spiro atoms. The van der Waals surface area contributed by atoms with Crippen LogP contribution in [-0.4, -0.2) is 35.6 Å². The first-order valence-electron chi connectivity index (χ1n) is 6.52. The fourth-order valence-corrected chi connectivity index (χ4v) is 1.76. The van der Waals surface area contributed by atoms with Crippen LogP contribution in [0.15, 0.2) is 6.07 Å². The van der Waals surface area contributed by atoms with Gasteiger partial charge in [0, 0.05) is 19.2 Å². The number of hydrogen-bond donors (Lipinski definition) is 0. The number of carbonyl (C=O) groups is 1. The molecule has 0 bridgehead atoms. The molecular weight excluding hydrogens is 244 g/mol. The molecule has 0 radical (unpaired) electrons. The SMILES string of the molecule is CO[C@H](C)CCOC(=O)c1cc(C)n(C(C)(C)C)n1. The zero-order valence-electron chi connectivity index (χ0n) is 12.7. The van der Waals surface area contributed by atoms with E-state index in [9.17, 15) is 4.79 Å². The van der Waals surface area contributed by atoms with Crippen molar-refractivity contribution in [3.63, 3.8) is 0 Å². The molecule has 0 aromatic carbocycles. The molecule has 1 aromatic rings. The highest BCUT2D eigenvalue weighted by Crippen LogP contribution is 2.17. The lowest BCUT2D eigenvalue weighted by Crippen LogP contribution is -2.24. The predicted molar refractivity (Wildman–Crippen MR) is 73.3 cm³/mol. The van der Waals surface area contributed by atoms with Crippen LogP contribution in [0, 0.1) is 6.92 Å². The second kappa shape index (κ2) is 6.19. The van der Waals surface area contributed by atoms with Gasteiger partial charge in [-0.1, -0.05) is 0 Å². The third-order valence-corrected chi connectivity index (χ3v) is 2.89. The number of carbonyl (C=O) groups excluding carboxylic acids is 1. The monoisotopic (exact) mass is 268 g/mol. The Morgan fingerprint density at radius 2 is 2.11 bits per heavy atom. The van der Waals surface area contributed by atoms with Gasteiger partial charge in [0.15, 0.2) is 5.69 Å². The second-order valence-corrected chi connectivity index (χ2v) is 5.72. The molecular formula is C14H24N2O3. The molecule has 5 nitrogen and oxygen atoms in total. The van der Waals surface area contributed by atoms with Gasteiger partial charge in [-0.05, 0) is 40.7 Å². The van der Waals surface area contributed by atoms with E-state index in [1.54, 1.807) is 13.2 Å². The summed E-state index contributed by atoms with van der Waals surface area (Å²) in [6, 6.07) is 1.76. The molecule has 0 unspecified atom stereocenters. The summed E-state index contributed by atoms with van der Waals surface area (Å²) in [4.78, 5) is 11.9. The number of nitrogens with zero attached hydrogens (tertiary/aromatic N) is 2. The number of aromatic nitrogens is 2. The summed E-state index contributed by atoms with van der Waals surface area (Å²) in [5.41, 5.74) is 1.16. The lowest BCUT2D eigenvalue weighted by Gasteiger charge is -2.21. The van der Waals surface area contributed by atoms with E-state index in [-0.39, 0.29) is 17.6 Å². The van der Waals surface area contributed by atoms with E-state index in [2.05, 4.69) is 5.10 Å². The molecule has 0 fully saturated rings. The normalized spacial score (nSPS) is 13.4. The number of aryl methyl sites for hydroxylation is 1. The number of ether oxygens (including phenoxy) is 2. The number of rotatable bonds is 5. The summed E-state index contributed by atoms with van der Waals surface area (Å²) >= 11 is 0. The minimum absolute atomic E-state index is 0.0849. The van der Waals surface area contributed by atoms with Crippen LogP contribution in [-0.2, 0) is 15.0 Å². The highest BCUT2D eigenvalue weighted by Gasteiger charge is 2.20. The Balaban J connectivity index is 2.64. The van der Waals surface area contributed by atoms with E-state index in [1.165, 1.54) is 0 Å².